The van der Waals surface area contributed by atoms with Gasteiger partial charge in [0.05, 0.1) is 34.0 Å². The molecule has 0 amide bonds. The highest BCUT2D eigenvalue weighted by molar-refractivity contribution is 5.60. The van der Waals surface area contributed by atoms with Crippen molar-refractivity contribution in [3.05, 3.63) is 35.4 Å². The van der Waals surface area contributed by atoms with Crippen molar-refractivity contribution in [3.8, 4) is 34.5 Å². The number of fused-ring (bicyclic) bond motifs is 2. The Morgan fingerprint density at radius 2 is 1.40 bits per heavy atom. The van der Waals surface area contributed by atoms with Crippen LogP contribution in [0.3, 0.4) is 0 Å². The molecule has 3 atom stereocenters. The Kier molecular flexibility index (Phi) is 14.2. The van der Waals surface area contributed by atoms with Gasteiger partial charge in [0, 0.05) is 36.6 Å². The average Bonchev–Trinajstić information content (AvgIpc) is 3.49. The third kappa shape index (κ3) is 7.26. The third-order valence-corrected chi connectivity index (χ3v) is 6.76. The number of nitrogens with zero attached hydrogens (tertiary/aromatic N) is 1. The van der Waals surface area contributed by atoms with Crippen LogP contribution in [0.4, 0.5) is 0 Å². The van der Waals surface area contributed by atoms with Crippen molar-refractivity contribution in [2.75, 3.05) is 53.9 Å². The lowest BCUT2D eigenvalue weighted by Crippen LogP contribution is -2.52. The molecule has 1 fully saturated rings. The number of morpholine rings is 1. The number of benzene rings is 2. The number of hydrogen-bond donors (Lipinski definition) is 0. The minimum absolute atomic E-state index is 0.0223. The van der Waals surface area contributed by atoms with E-state index in [2.05, 4.69) is 36.9 Å². The fourth-order valence-electron chi connectivity index (χ4n) is 5.12. The van der Waals surface area contributed by atoms with Crippen molar-refractivity contribution in [2.45, 2.75) is 74.0 Å². The SMILES string of the molecule is CC.CC.CC.CCCOc1c(OC)cc(C2c3cc4c(cc3OC(N3CCOCC3)C2C)OCO4)cc1OC. The molecule has 0 saturated carbocycles. The summed E-state index contributed by atoms with van der Waals surface area (Å²) in [4.78, 5) is 2.36. The van der Waals surface area contributed by atoms with Crippen LogP contribution in [0.1, 0.15) is 78.9 Å². The normalized spacial score (nSPS) is 20.6. The molecule has 2 aromatic carbocycles. The zero-order chi connectivity index (χ0) is 29.7. The van der Waals surface area contributed by atoms with Crippen LogP contribution in [-0.2, 0) is 4.74 Å². The molecule has 1 saturated heterocycles. The lowest BCUT2D eigenvalue weighted by Gasteiger charge is -2.44. The van der Waals surface area contributed by atoms with Crippen LogP contribution >= 0.6 is 0 Å². The van der Waals surface area contributed by atoms with Gasteiger partial charge < -0.3 is 33.2 Å². The Morgan fingerprint density at radius 1 is 0.825 bits per heavy atom. The lowest BCUT2D eigenvalue weighted by atomic mass is 9.77. The van der Waals surface area contributed by atoms with Crippen LogP contribution in [0.25, 0.3) is 0 Å². The molecule has 8 heteroatoms. The van der Waals surface area contributed by atoms with Gasteiger partial charge in [0.2, 0.25) is 12.5 Å². The van der Waals surface area contributed by atoms with E-state index in [1.165, 1.54) is 0 Å². The zero-order valence-corrected chi connectivity index (χ0v) is 26.3. The van der Waals surface area contributed by atoms with Crippen LogP contribution in [0.2, 0.25) is 0 Å². The monoisotopic (exact) mass is 561 g/mol. The second kappa shape index (κ2) is 17.1. The second-order valence-corrected chi connectivity index (χ2v) is 8.84. The first-order valence-electron chi connectivity index (χ1n) is 14.9. The Bertz CT molecular complexity index is 998. The van der Waals surface area contributed by atoms with E-state index in [4.69, 9.17) is 33.2 Å². The van der Waals surface area contributed by atoms with Crippen molar-refractivity contribution in [2.24, 2.45) is 5.92 Å². The Hall–Kier alpha value is -2.84. The van der Waals surface area contributed by atoms with Crippen LogP contribution in [-0.4, -0.2) is 65.1 Å². The summed E-state index contributed by atoms with van der Waals surface area (Å²) in [6, 6.07) is 8.13. The van der Waals surface area contributed by atoms with E-state index in [1.807, 2.05) is 47.6 Å². The molecule has 2 aromatic rings. The van der Waals surface area contributed by atoms with Crippen LogP contribution in [0.5, 0.6) is 34.5 Å². The van der Waals surface area contributed by atoms with Crippen molar-refractivity contribution in [1.82, 2.24) is 4.90 Å². The molecular formula is C32H51NO7. The predicted octanol–water partition coefficient (Wildman–Crippen LogP) is 7.12. The number of rotatable bonds is 7. The summed E-state index contributed by atoms with van der Waals surface area (Å²) in [5.74, 6) is 4.38. The van der Waals surface area contributed by atoms with Crippen molar-refractivity contribution < 1.29 is 33.2 Å². The maximum absolute atomic E-state index is 6.60. The van der Waals surface area contributed by atoms with Crippen molar-refractivity contribution in [3.63, 3.8) is 0 Å². The van der Waals surface area contributed by atoms with Crippen LogP contribution in [0.15, 0.2) is 24.3 Å². The van der Waals surface area contributed by atoms with Gasteiger partial charge in [-0.1, -0.05) is 55.4 Å². The van der Waals surface area contributed by atoms with E-state index < -0.39 is 0 Å². The highest BCUT2D eigenvalue weighted by Gasteiger charge is 2.41. The molecule has 5 rings (SSSR count). The third-order valence-electron chi connectivity index (χ3n) is 6.76. The van der Waals surface area contributed by atoms with Crippen LogP contribution in [0, 0.1) is 5.92 Å². The van der Waals surface area contributed by atoms with Crippen molar-refractivity contribution in [1.29, 1.82) is 0 Å². The maximum Gasteiger partial charge on any atom is 0.231 e. The Balaban J connectivity index is 0.000000876. The number of methoxy groups -OCH3 is 2. The summed E-state index contributed by atoms with van der Waals surface area (Å²) in [5, 5.41) is 0. The van der Waals surface area contributed by atoms with Gasteiger partial charge in [-0.2, -0.15) is 0 Å². The summed E-state index contributed by atoms with van der Waals surface area (Å²) in [7, 11) is 3.32. The first-order valence-corrected chi connectivity index (χ1v) is 14.9. The molecule has 3 unspecified atom stereocenters. The Morgan fingerprint density at radius 3 is 1.95 bits per heavy atom. The van der Waals surface area contributed by atoms with Gasteiger partial charge >= 0.3 is 0 Å². The number of ether oxygens (including phenoxy) is 7. The second-order valence-electron chi connectivity index (χ2n) is 8.84. The van der Waals surface area contributed by atoms with E-state index in [9.17, 15) is 0 Å². The molecule has 0 radical (unpaired) electrons. The fraction of sp³-hybridized carbons (Fsp3) is 0.625. The summed E-state index contributed by atoms with van der Waals surface area (Å²) >= 11 is 0. The van der Waals surface area contributed by atoms with E-state index in [1.54, 1.807) is 14.2 Å². The van der Waals surface area contributed by atoms with E-state index in [0.717, 1.165) is 42.1 Å². The zero-order valence-electron chi connectivity index (χ0n) is 26.3. The van der Waals surface area contributed by atoms with Gasteiger partial charge in [0.1, 0.15) is 5.75 Å². The van der Waals surface area contributed by atoms with Gasteiger partial charge in [0.25, 0.3) is 0 Å². The standard InChI is InChI=1S/C26H33NO7.3C2H6/c1-5-8-31-25-22(28-3)11-17(12-23(25)29-4)24-16(2)26(27-6-9-30-10-7-27)34-19-14-21-20(13-18(19)24)32-15-33-21;3*1-2/h11-14,16,24,26H,5-10,15H2,1-4H3;3*1-2H3. The number of hydrogen-bond acceptors (Lipinski definition) is 8. The van der Waals surface area contributed by atoms with Gasteiger partial charge in [-0.3, -0.25) is 4.90 Å². The molecule has 40 heavy (non-hydrogen) atoms. The van der Waals surface area contributed by atoms with Gasteiger partial charge in [0.15, 0.2) is 29.2 Å². The van der Waals surface area contributed by atoms with Crippen LogP contribution < -0.4 is 28.4 Å². The first-order chi connectivity index (χ1) is 19.6. The highest BCUT2D eigenvalue weighted by Crippen LogP contribution is 2.52. The minimum atomic E-state index is -0.102. The molecule has 3 heterocycles. The maximum atomic E-state index is 6.60. The van der Waals surface area contributed by atoms with Gasteiger partial charge in [-0.25, -0.2) is 0 Å². The molecule has 3 aliphatic rings. The largest absolute Gasteiger partial charge is 0.493 e. The molecule has 0 spiro atoms. The van der Waals surface area contributed by atoms with E-state index in [-0.39, 0.29) is 24.9 Å². The molecule has 0 bridgehead atoms. The molecule has 226 valence electrons. The topological polar surface area (TPSA) is 67.9 Å². The lowest BCUT2D eigenvalue weighted by molar-refractivity contribution is -0.0784. The Labute approximate surface area is 241 Å². The molecule has 3 aliphatic heterocycles. The van der Waals surface area contributed by atoms with Crippen molar-refractivity contribution >= 4 is 0 Å². The molecule has 8 nitrogen and oxygen atoms in total. The molecule has 0 N–H and O–H groups in total. The summed E-state index contributed by atoms with van der Waals surface area (Å²) in [6.45, 7) is 20.2. The van der Waals surface area contributed by atoms with E-state index >= 15 is 0 Å². The fourth-order valence-corrected chi connectivity index (χ4v) is 5.12. The minimum Gasteiger partial charge on any atom is -0.493 e. The van der Waals surface area contributed by atoms with Gasteiger partial charge in [-0.05, 0) is 30.2 Å². The molecular weight excluding hydrogens is 510 g/mol. The summed E-state index contributed by atoms with van der Waals surface area (Å²) < 4.78 is 41.0. The predicted molar refractivity (Wildman–Crippen MR) is 160 cm³/mol. The smallest absolute Gasteiger partial charge is 0.231 e. The summed E-state index contributed by atoms with van der Waals surface area (Å²) in [5.41, 5.74) is 2.14. The highest BCUT2D eigenvalue weighted by atomic mass is 16.7. The summed E-state index contributed by atoms with van der Waals surface area (Å²) in [6.07, 6.45) is 0.794. The first kappa shape index (κ1) is 33.4. The van der Waals surface area contributed by atoms with Gasteiger partial charge in [-0.15, -0.1) is 0 Å². The van der Waals surface area contributed by atoms with E-state index in [0.29, 0.717) is 42.8 Å². The average molecular weight is 562 g/mol. The quantitative estimate of drug-likeness (QED) is 0.354. The molecule has 0 aliphatic carbocycles. The molecule has 0 aromatic heterocycles.